The van der Waals surface area contributed by atoms with Crippen LogP contribution in [0.1, 0.15) is 34.4 Å². The van der Waals surface area contributed by atoms with Crippen LogP contribution in [0, 0.1) is 5.92 Å². The first-order chi connectivity index (χ1) is 13.6. The first kappa shape index (κ1) is 18.5. The SMILES string of the molecule is COc1ccc(C(=O)N2C[C@H]3C[C@@H](C2)[C@H](CO)n2c3cccc2=O)c(OC)n1. The molecule has 0 aromatic carbocycles. The summed E-state index contributed by atoms with van der Waals surface area (Å²) in [5, 5.41) is 9.95. The normalized spacial score (nSPS) is 23.1. The molecule has 1 amide bonds. The van der Waals surface area contributed by atoms with Crippen molar-refractivity contribution in [2.75, 3.05) is 33.9 Å². The number of carbonyl (C=O) groups excluding carboxylic acids is 1. The lowest BCUT2D eigenvalue weighted by Crippen LogP contribution is -2.51. The summed E-state index contributed by atoms with van der Waals surface area (Å²) in [6, 6.07) is 8.12. The van der Waals surface area contributed by atoms with E-state index >= 15 is 0 Å². The minimum absolute atomic E-state index is 0.0116. The molecule has 2 aliphatic rings. The van der Waals surface area contributed by atoms with Crippen LogP contribution in [-0.4, -0.2) is 59.4 Å². The van der Waals surface area contributed by atoms with E-state index in [0.29, 0.717) is 24.5 Å². The summed E-state index contributed by atoms with van der Waals surface area (Å²) in [7, 11) is 2.97. The van der Waals surface area contributed by atoms with Gasteiger partial charge in [0.1, 0.15) is 5.56 Å². The molecular weight excluding hydrogens is 362 g/mol. The van der Waals surface area contributed by atoms with Crippen LogP contribution in [0.2, 0.25) is 0 Å². The maximum Gasteiger partial charge on any atom is 0.259 e. The van der Waals surface area contributed by atoms with Crippen LogP contribution in [-0.2, 0) is 0 Å². The molecule has 2 aromatic rings. The van der Waals surface area contributed by atoms with Gasteiger partial charge in [-0.05, 0) is 18.6 Å². The van der Waals surface area contributed by atoms with E-state index in [-0.39, 0.29) is 41.8 Å². The Morgan fingerprint density at radius 3 is 2.75 bits per heavy atom. The lowest BCUT2D eigenvalue weighted by atomic mass is 9.78. The molecule has 0 radical (unpaired) electrons. The highest BCUT2D eigenvalue weighted by Crippen LogP contribution is 2.41. The number of rotatable bonds is 4. The van der Waals surface area contributed by atoms with Crippen molar-refractivity contribution in [3.05, 3.63) is 51.9 Å². The number of amides is 1. The number of fused-ring (bicyclic) bond motifs is 4. The standard InChI is InChI=1S/C20H23N3O5/c1-27-17-7-6-14(19(21-17)28-2)20(26)22-9-12-8-13(10-22)16(11-24)23-15(12)4-3-5-18(23)25/h3-7,12-13,16,24H,8-11H2,1-2H3/t12-,13+,16+/m1/s1. The molecule has 1 fully saturated rings. The van der Waals surface area contributed by atoms with Gasteiger partial charge in [0.15, 0.2) is 0 Å². The lowest BCUT2D eigenvalue weighted by molar-refractivity contribution is 0.0434. The van der Waals surface area contributed by atoms with Gasteiger partial charge in [-0.2, -0.15) is 4.98 Å². The van der Waals surface area contributed by atoms with Gasteiger partial charge in [-0.25, -0.2) is 0 Å². The first-order valence-electron chi connectivity index (χ1n) is 9.28. The summed E-state index contributed by atoms with van der Waals surface area (Å²) in [4.78, 5) is 31.6. The van der Waals surface area contributed by atoms with Crippen molar-refractivity contribution >= 4 is 5.91 Å². The van der Waals surface area contributed by atoms with Gasteiger partial charge in [-0.1, -0.05) is 6.07 Å². The highest BCUT2D eigenvalue weighted by molar-refractivity contribution is 5.96. The van der Waals surface area contributed by atoms with Gasteiger partial charge in [0.05, 0.1) is 26.9 Å². The van der Waals surface area contributed by atoms with Crippen molar-refractivity contribution in [3.8, 4) is 11.8 Å². The van der Waals surface area contributed by atoms with E-state index in [4.69, 9.17) is 9.47 Å². The summed E-state index contributed by atoms with van der Waals surface area (Å²) < 4.78 is 12.1. The zero-order chi connectivity index (χ0) is 19.8. The van der Waals surface area contributed by atoms with E-state index in [1.165, 1.54) is 20.3 Å². The van der Waals surface area contributed by atoms with Gasteiger partial charge in [-0.3, -0.25) is 9.59 Å². The number of ether oxygens (including phenoxy) is 2. The van der Waals surface area contributed by atoms with E-state index < -0.39 is 0 Å². The molecule has 4 rings (SSSR count). The van der Waals surface area contributed by atoms with E-state index in [1.54, 1.807) is 27.7 Å². The van der Waals surface area contributed by atoms with Crippen LogP contribution in [0.3, 0.4) is 0 Å². The zero-order valence-corrected chi connectivity index (χ0v) is 15.9. The Morgan fingerprint density at radius 2 is 2.04 bits per heavy atom. The van der Waals surface area contributed by atoms with E-state index in [2.05, 4.69) is 4.98 Å². The third-order valence-electron chi connectivity index (χ3n) is 5.74. The number of methoxy groups -OCH3 is 2. The van der Waals surface area contributed by atoms with Gasteiger partial charge in [0.25, 0.3) is 11.5 Å². The summed E-state index contributed by atoms with van der Waals surface area (Å²) in [6.45, 7) is 0.840. The maximum atomic E-state index is 13.2. The average molecular weight is 385 g/mol. The molecule has 8 nitrogen and oxygen atoms in total. The number of likely N-dealkylation sites (tertiary alicyclic amines) is 1. The van der Waals surface area contributed by atoms with E-state index in [9.17, 15) is 14.7 Å². The van der Waals surface area contributed by atoms with Crippen LogP contribution in [0.15, 0.2) is 35.1 Å². The van der Waals surface area contributed by atoms with Gasteiger partial charge in [0.2, 0.25) is 11.8 Å². The van der Waals surface area contributed by atoms with Gasteiger partial charge < -0.3 is 24.0 Å². The lowest BCUT2D eigenvalue weighted by Gasteiger charge is -2.46. The molecule has 1 saturated heterocycles. The Hall–Kier alpha value is -2.87. The molecule has 0 aliphatic carbocycles. The molecule has 0 unspecified atom stereocenters. The fraction of sp³-hybridized carbons (Fsp3) is 0.450. The number of aliphatic hydroxyl groups excluding tert-OH is 1. The third kappa shape index (κ3) is 2.93. The second-order valence-electron chi connectivity index (χ2n) is 7.22. The van der Waals surface area contributed by atoms with Crippen molar-refractivity contribution in [3.63, 3.8) is 0 Å². The number of hydrogen-bond donors (Lipinski definition) is 1. The van der Waals surface area contributed by atoms with Crippen LogP contribution in [0.5, 0.6) is 11.8 Å². The van der Waals surface area contributed by atoms with Gasteiger partial charge in [-0.15, -0.1) is 0 Å². The van der Waals surface area contributed by atoms with Crippen molar-refractivity contribution in [2.24, 2.45) is 5.92 Å². The highest BCUT2D eigenvalue weighted by Gasteiger charge is 2.42. The van der Waals surface area contributed by atoms with Crippen LogP contribution >= 0.6 is 0 Å². The highest BCUT2D eigenvalue weighted by atomic mass is 16.5. The van der Waals surface area contributed by atoms with Crippen molar-refractivity contribution in [1.82, 2.24) is 14.5 Å². The van der Waals surface area contributed by atoms with Crippen molar-refractivity contribution in [1.29, 1.82) is 0 Å². The predicted molar refractivity (Wildman–Crippen MR) is 101 cm³/mol. The quantitative estimate of drug-likeness (QED) is 0.846. The Kier molecular flexibility index (Phi) is 4.80. The van der Waals surface area contributed by atoms with E-state index in [1.807, 2.05) is 6.07 Å². The summed E-state index contributed by atoms with van der Waals surface area (Å²) in [6.07, 6.45) is 0.844. The molecule has 28 heavy (non-hydrogen) atoms. The smallest absolute Gasteiger partial charge is 0.259 e. The molecule has 148 valence electrons. The molecule has 0 spiro atoms. The molecular formula is C20H23N3O5. The molecule has 0 saturated carbocycles. The first-order valence-corrected chi connectivity index (χ1v) is 9.28. The molecule has 4 heterocycles. The molecule has 2 aromatic heterocycles. The predicted octanol–water partition coefficient (Wildman–Crippen LogP) is 1.05. The summed E-state index contributed by atoms with van der Waals surface area (Å²) >= 11 is 0. The second kappa shape index (κ2) is 7.27. The molecule has 1 N–H and O–H groups in total. The average Bonchev–Trinajstić information content (AvgIpc) is 2.73. The fourth-order valence-corrected chi connectivity index (χ4v) is 4.47. The largest absolute Gasteiger partial charge is 0.481 e. The monoisotopic (exact) mass is 385 g/mol. The van der Waals surface area contributed by atoms with Crippen molar-refractivity contribution in [2.45, 2.75) is 18.4 Å². The second-order valence-corrected chi connectivity index (χ2v) is 7.22. The minimum atomic E-state index is -0.327. The third-order valence-corrected chi connectivity index (χ3v) is 5.74. The maximum absolute atomic E-state index is 13.2. The van der Waals surface area contributed by atoms with Gasteiger partial charge in [0, 0.05) is 42.8 Å². The molecule has 2 aliphatic heterocycles. The summed E-state index contributed by atoms with van der Waals surface area (Å²) in [5.74, 6) is 0.479. The number of aromatic nitrogens is 2. The fourth-order valence-electron chi connectivity index (χ4n) is 4.47. The topological polar surface area (TPSA) is 93.9 Å². The number of hydrogen-bond acceptors (Lipinski definition) is 6. The zero-order valence-electron chi connectivity index (χ0n) is 15.9. The molecule has 8 heteroatoms. The number of carbonyl (C=O) groups is 1. The Bertz CT molecular complexity index is 957. The number of piperidine rings is 1. The van der Waals surface area contributed by atoms with Crippen LogP contribution in [0.25, 0.3) is 0 Å². The number of pyridine rings is 2. The number of nitrogens with zero attached hydrogens (tertiary/aromatic N) is 3. The molecule has 2 bridgehead atoms. The Labute approximate surface area is 162 Å². The minimum Gasteiger partial charge on any atom is -0.481 e. The Balaban J connectivity index is 1.68. The van der Waals surface area contributed by atoms with E-state index in [0.717, 1.165) is 12.1 Å². The molecule has 3 atom stereocenters. The van der Waals surface area contributed by atoms with Gasteiger partial charge >= 0.3 is 0 Å². The van der Waals surface area contributed by atoms with Crippen LogP contribution in [0.4, 0.5) is 0 Å². The van der Waals surface area contributed by atoms with Crippen LogP contribution < -0.4 is 15.0 Å². The Morgan fingerprint density at radius 1 is 1.21 bits per heavy atom. The summed E-state index contributed by atoms with van der Waals surface area (Å²) in [5.41, 5.74) is 1.14. The number of aliphatic hydroxyl groups is 1. The van der Waals surface area contributed by atoms with Crippen molar-refractivity contribution < 1.29 is 19.4 Å².